The van der Waals surface area contributed by atoms with Gasteiger partial charge < -0.3 is 10.6 Å². The molecule has 0 bridgehead atoms. The van der Waals surface area contributed by atoms with Gasteiger partial charge in [0.2, 0.25) is 5.91 Å². The zero-order valence-electron chi connectivity index (χ0n) is 12.7. The molecule has 0 heterocycles. The maximum atomic E-state index is 12.0. The van der Waals surface area contributed by atoms with E-state index in [1.165, 1.54) is 0 Å². The van der Waals surface area contributed by atoms with E-state index < -0.39 is 0 Å². The lowest BCUT2D eigenvalue weighted by atomic mass is 10.1. The molecule has 116 valence electrons. The Morgan fingerprint density at radius 1 is 1.13 bits per heavy atom. The number of hydrogen-bond acceptors (Lipinski definition) is 3. The van der Waals surface area contributed by atoms with E-state index >= 15 is 0 Å². The van der Waals surface area contributed by atoms with Gasteiger partial charge in [-0.25, -0.2) is 0 Å². The van der Waals surface area contributed by atoms with E-state index in [9.17, 15) is 9.59 Å². The third-order valence-electron chi connectivity index (χ3n) is 3.18. The fourth-order valence-corrected chi connectivity index (χ4v) is 2.10. The van der Waals surface area contributed by atoms with Crippen LogP contribution in [-0.4, -0.2) is 17.9 Å². The SMILES string of the molecule is C[C@@H](CC(=O)Nc1cccc(C#N)c1)NC(=O)c1ccccc1. The monoisotopic (exact) mass is 307 g/mol. The second kappa shape index (κ2) is 7.76. The van der Waals surface area contributed by atoms with E-state index in [0.717, 1.165) is 0 Å². The van der Waals surface area contributed by atoms with Gasteiger partial charge in [0, 0.05) is 23.7 Å². The first kappa shape index (κ1) is 16.2. The molecule has 0 aromatic heterocycles. The van der Waals surface area contributed by atoms with Crippen LogP contribution in [0.4, 0.5) is 5.69 Å². The number of benzene rings is 2. The van der Waals surface area contributed by atoms with Gasteiger partial charge in [0.1, 0.15) is 0 Å². The molecule has 0 unspecified atom stereocenters. The van der Waals surface area contributed by atoms with Crippen LogP contribution in [0.1, 0.15) is 29.3 Å². The van der Waals surface area contributed by atoms with Crippen LogP contribution in [0.2, 0.25) is 0 Å². The number of anilines is 1. The van der Waals surface area contributed by atoms with Gasteiger partial charge >= 0.3 is 0 Å². The summed E-state index contributed by atoms with van der Waals surface area (Å²) in [5.41, 5.74) is 1.60. The molecule has 0 aliphatic rings. The third-order valence-corrected chi connectivity index (χ3v) is 3.18. The lowest BCUT2D eigenvalue weighted by Gasteiger charge is -2.14. The molecule has 2 aromatic carbocycles. The molecule has 0 saturated heterocycles. The number of carbonyl (C=O) groups is 2. The minimum Gasteiger partial charge on any atom is -0.349 e. The Hall–Kier alpha value is -3.13. The molecule has 0 saturated carbocycles. The summed E-state index contributed by atoms with van der Waals surface area (Å²) in [6.07, 6.45) is 0.148. The zero-order valence-corrected chi connectivity index (χ0v) is 12.7. The maximum Gasteiger partial charge on any atom is 0.251 e. The Labute approximate surface area is 134 Å². The molecule has 5 nitrogen and oxygen atoms in total. The fourth-order valence-electron chi connectivity index (χ4n) is 2.10. The largest absolute Gasteiger partial charge is 0.349 e. The summed E-state index contributed by atoms with van der Waals surface area (Å²) in [6, 6.07) is 17.2. The first-order valence-corrected chi connectivity index (χ1v) is 7.24. The van der Waals surface area contributed by atoms with Crippen LogP contribution >= 0.6 is 0 Å². The van der Waals surface area contributed by atoms with Crippen LogP contribution in [0.15, 0.2) is 54.6 Å². The molecule has 2 aromatic rings. The van der Waals surface area contributed by atoms with Crippen LogP contribution in [-0.2, 0) is 4.79 Å². The highest BCUT2D eigenvalue weighted by molar-refractivity contribution is 5.95. The molecular weight excluding hydrogens is 290 g/mol. The van der Waals surface area contributed by atoms with Crippen LogP contribution in [0.3, 0.4) is 0 Å². The van der Waals surface area contributed by atoms with Gasteiger partial charge in [-0.15, -0.1) is 0 Å². The van der Waals surface area contributed by atoms with Crippen LogP contribution < -0.4 is 10.6 Å². The Bertz CT molecular complexity index is 735. The summed E-state index contributed by atoms with van der Waals surface area (Å²) in [5.74, 6) is -0.432. The summed E-state index contributed by atoms with van der Waals surface area (Å²) >= 11 is 0. The van der Waals surface area contributed by atoms with E-state index in [1.807, 2.05) is 12.1 Å². The van der Waals surface area contributed by atoms with Crippen molar-refractivity contribution in [2.45, 2.75) is 19.4 Å². The number of nitrogens with zero attached hydrogens (tertiary/aromatic N) is 1. The Kier molecular flexibility index (Phi) is 5.48. The normalized spacial score (nSPS) is 11.1. The lowest BCUT2D eigenvalue weighted by Crippen LogP contribution is -2.35. The first-order valence-electron chi connectivity index (χ1n) is 7.24. The summed E-state index contributed by atoms with van der Waals surface area (Å²) < 4.78 is 0. The van der Waals surface area contributed by atoms with Crippen molar-refractivity contribution in [2.24, 2.45) is 0 Å². The molecule has 5 heteroatoms. The van der Waals surface area contributed by atoms with Crippen molar-refractivity contribution in [1.29, 1.82) is 5.26 Å². The topological polar surface area (TPSA) is 82.0 Å². The van der Waals surface area contributed by atoms with Crippen molar-refractivity contribution in [2.75, 3.05) is 5.32 Å². The molecule has 0 fully saturated rings. The van der Waals surface area contributed by atoms with Crippen molar-refractivity contribution in [3.63, 3.8) is 0 Å². The predicted octanol–water partition coefficient (Wildman–Crippen LogP) is 2.71. The van der Waals surface area contributed by atoms with Gasteiger partial charge in [0.25, 0.3) is 5.91 Å². The summed E-state index contributed by atoms with van der Waals surface area (Å²) in [6.45, 7) is 1.77. The molecule has 1 atom stereocenters. The predicted molar refractivity (Wildman–Crippen MR) is 87.8 cm³/mol. The smallest absolute Gasteiger partial charge is 0.251 e. The van der Waals surface area contributed by atoms with Crippen molar-refractivity contribution >= 4 is 17.5 Å². The molecule has 2 N–H and O–H groups in total. The second-order valence-electron chi connectivity index (χ2n) is 5.19. The fraction of sp³-hybridized carbons (Fsp3) is 0.167. The average Bonchev–Trinajstić information content (AvgIpc) is 2.55. The Morgan fingerprint density at radius 3 is 2.57 bits per heavy atom. The second-order valence-corrected chi connectivity index (χ2v) is 5.19. The lowest BCUT2D eigenvalue weighted by molar-refractivity contribution is -0.116. The summed E-state index contributed by atoms with van der Waals surface area (Å²) in [7, 11) is 0. The van der Waals surface area contributed by atoms with Crippen molar-refractivity contribution in [1.82, 2.24) is 5.32 Å². The van der Waals surface area contributed by atoms with E-state index in [4.69, 9.17) is 5.26 Å². The van der Waals surface area contributed by atoms with Crippen LogP contribution in [0, 0.1) is 11.3 Å². The van der Waals surface area contributed by atoms with Crippen molar-refractivity contribution < 1.29 is 9.59 Å². The number of carbonyl (C=O) groups excluding carboxylic acids is 2. The van der Waals surface area contributed by atoms with E-state index in [2.05, 4.69) is 10.6 Å². The van der Waals surface area contributed by atoms with E-state index in [1.54, 1.807) is 55.5 Å². The van der Waals surface area contributed by atoms with Gasteiger partial charge in [0.05, 0.1) is 11.6 Å². The number of nitrogens with one attached hydrogen (secondary N) is 2. The molecule has 0 spiro atoms. The highest BCUT2D eigenvalue weighted by atomic mass is 16.2. The summed E-state index contributed by atoms with van der Waals surface area (Å²) in [4.78, 5) is 24.0. The molecule has 23 heavy (non-hydrogen) atoms. The van der Waals surface area contributed by atoms with Crippen LogP contribution in [0.25, 0.3) is 0 Å². The number of nitriles is 1. The Balaban J connectivity index is 1.87. The minimum absolute atomic E-state index is 0.148. The van der Waals surface area contributed by atoms with Gasteiger partial charge in [0.15, 0.2) is 0 Å². The van der Waals surface area contributed by atoms with Gasteiger partial charge in [-0.05, 0) is 37.3 Å². The van der Waals surface area contributed by atoms with Crippen molar-refractivity contribution in [3.8, 4) is 6.07 Å². The number of rotatable bonds is 5. The zero-order chi connectivity index (χ0) is 16.7. The molecule has 0 aliphatic carbocycles. The molecule has 0 aliphatic heterocycles. The molecule has 0 radical (unpaired) electrons. The van der Waals surface area contributed by atoms with E-state index in [-0.39, 0.29) is 24.3 Å². The van der Waals surface area contributed by atoms with Gasteiger partial charge in [-0.1, -0.05) is 24.3 Å². The highest BCUT2D eigenvalue weighted by Crippen LogP contribution is 2.10. The number of amides is 2. The van der Waals surface area contributed by atoms with Gasteiger partial charge in [-0.2, -0.15) is 5.26 Å². The quantitative estimate of drug-likeness (QED) is 0.891. The first-order chi connectivity index (χ1) is 11.1. The standard InChI is InChI=1S/C18H17N3O2/c1-13(20-18(23)15-7-3-2-4-8-15)10-17(22)21-16-9-5-6-14(11-16)12-19/h2-9,11,13H,10H2,1H3,(H,20,23)(H,21,22)/t13-/m0/s1. The molecule has 2 rings (SSSR count). The number of hydrogen-bond donors (Lipinski definition) is 2. The van der Waals surface area contributed by atoms with Gasteiger partial charge in [-0.3, -0.25) is 9.59 Å². The average molecular weight is 307 g/mol. The maximum absolute atomic E-state index is 12.0. The third kappa shape index (κ3) is 4.97. The highest BCUT2D eigenvalue weighted by Gasteiger charge is 2.13. The molecular formula is C18H17N3O2. The van der Waals surface area contributed by atoms with E-state index in [0.29, 0.717) is 16.8 Å². The summed E-state index contributed by atoms with van der Waals surface area (Å²) in [5, 5.41) is 14.3. The van der Waals surface area contributed by atoms with Crippen LogP contribution in [0.5, 0.6) is 0 Å². The molecule has 2 amide bonds. The minimum atomic E-state index is -0.304. The Morgan fingerprint density at radius 2 is 1.87 bits per heavy atom. The van der Waals surface area contributed by atoms with Crippen molar-refractivity contribution in [3.05, 3.63) is 65.7 Å².